The molecule has 0 spiro atoms. The van der Waals surface area contributed by atoms with Gasteiger partial charge in [0.25, 0.3) is 5.56 Å². The van der Waals surface area contributed by atoms with Gasteiger partial charge in [-0.25, -0.2) is 9.37 Å². The maximum Gasteiger partial charge on any atom is 0.261 e. The highest BCUT2D eigenvalue weighted by atomic mass is 79.9. The SMILES string of the molecule is O=c1[nH]cnc2ccc(Br)c(F)c12. The van der Waals surface area contributed by atoms with Gasteiger partial charge >= 0.3 is 0 Å². The van der Waals surface area contributed by atoms with E-state index in [9.17, 15) is 9.18 Å². The van der Waals surface area contributed by atoms with Crippen molar-refractivity contribution in [1.29, 1.82) is 0 Å². The van der Waals surface area contributed by atoms with Crippen molar-refractivity contribution < 1.29 is 4.39 Å². The maximum atomic E-state index is 13.4. The molecule has 2 aromatic rings. The minimum atomic E-state index is -0.577. The number of halogens is 2. The van der Waals surface area contributed by atoms with E-state index < -0.39 is 11.4 Å². The molecule has 0 atom stereocenters. The first kappa shape index (κ1) is 8.37. The lowest BCUT2D eigenvalue weighted by Gasteiger charge is -1.98. The van der Waals surface area contributed by atoms with E-state index >= 15 is 0 Å². The molecule has 0 saturated heterocycles. The Kier molecular flexibility index (Phi) is 1.88. The Morgan fingerprint density at radius 1 is 1.46 bits per heavy atom. The summed E-state index contributed by atoms with van der Waals surface area (Å²) in [5, 5.41) is -0.0168. The van der Waals surface area contributed by atoms with E-state index in [1.54, 1.807) is 6.07 Å². The second kappa shape index (κ2) is 2.92. The van der Waals surface area contributed by atoms with E-state index in [1.807, 2.05) is 0 Å². The summed E-state index contributed by atoms with van der Waals surface area (Å²) < 4.78 is 13.6. The Balaban J connectivity index is 3.06. The predicted molar refractivity (Wildman–Crippen MR) is 50.0 cm³/mol. The Bertz CT molecular complexity index is 523. The highest BCUT2D eigenvalue weighted by Crippen LogP contribution is 2.20. The first-order chi connectivity index (χ1) is 6.20. The van der Waals surface area contributed by atoms with Crippen LogP contribution in [0.2, 0.25) is 0 Å². The zero-order valence-electron chi connectivity index (χ0n) is 6.34. The smallest absolute Gasteiger partial charge is 0.261 e. The molecule has 2 rings (SSSR count). The lowest BCUT2D eigenvalue weighted by molar-refractivity contribution is 0.631. The molecule has 13 heavy (non-hydrogen) atoms. The van der Waals surface area contributed by atoms with Gasteiger partial charge in [0.15, 0.2) is 5.82 Å². The third kappa shape index (κ3) is 1.25. The van der Waals surface area contributed by atoms with Crippen molar-refractivity contribution in [1.82, 2.24) is 9.97 Å². The first-order valence-corrected chi connectivity index (χ1v) is 4.31. The fourth-order valence-electron chi connectivity index (χ4n) is 1.10. The molecule has 0 saturated carbocycles. The largest absolute Gasteiger partial charge is 0.313 e. The Morgan fingerprint density at radius 2 is 2.23 bits per heavy atom. The van der Waals surface area contributed by atoms with Crippen molar-refractivity contribution in [3.05, 3.63) is 39.1 Å². The van der Waals surface area contributed by atoms with Crippen LogP contribution in [0.1, 0.15) is 0 Å². The minimum absolute atomic E-state index is 0.0168. The summed E-state index contributed by atoms with van der Waals surface area (Å²) >= 11 is 2.99. The third-order valence-electron chi connectivity index (χ3n) is 1.70. The van der Waals surface area contributed by atoms with Crippen LogP contribution in [0.5, 0.6) is 0 Å². The number of fused-ring (bicyclic) bond motifs is 1. The number of aromatic nitrogens is 2. The maximum absolute atomic E-state index is 13.4. The highest BCUT2D eigenvalue weighted by molar-refractivity contribution is 9.10. The van der Waals surface area contributed by atoms with E-state index in [-0.39, 0.29) is 9.86 Å². The van der Waals surface area contributed by atoms with Crippen molar-refractivity contribution in [2.45, 2.75) is 0 Å². The third-order valence-corrected chi connectivity index (χ3v) is 2.31. The molecule has 1 heterocycles. The van der Waals surface area contributed by atoms with Gasteiger partial charge in [0.2, 0.25) is 0 Å². The van der Waals surface area contributed by atoms with Crippen LogP contribution < -0.4 is 5.56 Å². The summed E-state index contributed by atoms with van der Waals surface area (Å²) in [4.78, 5) is 17.3. The molecule has 66 valence electrons. The van der Waals surface area contributed by atoms with E-state index in [0.29, 0.717) is 5.52 Å². The van der Waals surface area contributed by atoms with Crippen LogP contribution >= 0.6 is 15.9 Å². The van der Waals surface area contributed by atoms with Crippen molar-refractivity contribution >= 4 is 26.8 Å². The summed E-state index contributed by atoms with van der Waals surface area (Å²) in [5.41, 5.74) is -0.117. The number of hydrogen-bond acceptors (Lipinski definition) is 2. The van der Waals surface area contributed by atoms with Crippen LogP contribution in [-0.4, -0.2) is 9.97 Å². The first-order valence-electron chi connectivity index (χ1n) is 3.51. The predicted octanol–water partition coefficient (Wildman–Crippen LogP) is 1.82. The molecule has 0 bridgehead atoms. The number of aromatic amines is 1. The molecule has 1 N–H and O–H groups in total. The molecule has 1 aromatic heterocycles. The van der Waals surface area contributed by atoms with Crippen LogP contribution in [0.4, 0.5) is 4.39 Å². The van der Waals surface area contributed by atoms with Gasteiger partial charge in [-0.3, -0.25) is 4.79 Å². The molecule has 0 unspecified atom stereocenters. The van der Waals surface area contributed by atoms with Crippen molar-refractivity contribution in [3.8, 4) is 0 Å². The number of H-pyrrole nitrogens is 1. The zero-order chi connectivity index (χ0) is 9.42. The van der Waals surface area contributed by atoms with Gasteiger partial charge in [-0.05, 0) is 28.1 Å². The van der Waals surface area contributed by atoms with Gasteiger partial charge in [-0.15, -0.1) is 0 Å². The Hall–Kier alpha value is -1.23. The van der Waals surface area contributed by atoms with Gasteiger partial charge in [0, 0.05) is 0 Å². The molecular formula is C8H4BrFN2O. The van der Waals surface area contributed by atoms with E-state index in [1.165, 1.54) is 12.4 Å². The Morgan fingerprint density at radius 3 is 3.00 bits per heavy atom. The highest BCUT2D eigenvalue weighted by Gasteiger charge is 2.08. The van der Waals surface area contributed by atoms with Crippen LogP contribution in [0.25, 0.3) is 10.9 Å². The van der Waals surface area contributed by atoms with E-state index in [4.69, 9.17) is 0 Å². The number of nitrogens with zero attached hydrogens (tertiary/aromatic N) is 1. The van der Waals surface area contributed by atoms with Crippen LogP contribution in [0, 0.1) is 5.82 Å². The molecule has 1 aromatic carbocycles. The van der Waals surface area contributed by atoms with Crippen molar-refractivity contribution in [3.63, 3.8) is 0 Å². The van der Waals surface area contributed by atoms with Gasteiger partial charge < -0.3 is 4.98 Å². The summed E-state index contributed by atoms with van der Waals surface area (Å²) in [6, 6.07) is 3.10. The second-order valence-corrected chi connectivity index (χ2v) is 3.34. The fraction of sp³-hybridized carbons (Fsp3) is 0. The lowest BCUT2D eigenvalue weighted by atomic mass is 10.2. The fourth-order valence-corrected chi connectivity index (χ4v) is 1.43. The van der Waals surface area contributed by atoms with E-state index in [2.05, 4.69) is 25.9 Å². The molecule has 0 fully saturated rings. The van der Waals surface area contributed by atoms with Gasteiger partial charge in [-0.2, -0.15) is 0 Å². The molecule has 5 heteroatoms. The summed E-state index contributed by atoms with van der Waals surface area (Å²) in [5.74, 6) is -0.577. The molecule has 0 aliphatic rings. The molecule has 3 nitrogen and oxygen atoms in total. The van der Waals surface area contributed by atoms with Crippen LogP contribution in [0.3, 0.4) is 0 Å². The van der Waals surface area contributed by atoms with Crippen LogP contribution in [-0.2, 0) is 0 Å². The lowest BCUT2D eigenvalue weighted by Crippen LogP contribution is -2.08. The summed E-state index contributed by atoms with van der Waals surface area (Å²) in [6.45, 7) is 0. The monoisotopic (exact) mass is 242 g/mol. The Labute approximate surface area is 80.7 Å². The van der Waals surface area contributed by atoms with Gasteiger partial charge in [-0.1, -0.05) is 0 Å². The second-order valence-electron chi connectivity index (χ2n) is 2.49. The molecule has 0 aliphatic heterocycles. The van der Waals surface area contributed by atoms with Crippen molar-refractivity contribution in [2.24, 2.45) is 0 Å². The number of rotatable bonds is 0. The average Bonchev–Trinajstić information content (AvgIpc) is 2.12. The summed E-state index contributed by atoms with van der Waals surface area (Å²) in [6.07, 6.45) is 1.25. The zero-order valence-corrected chi connectivity index (χ0v) is 7.93. The number of benzene rings is 1. The number of nitrogens with one attached hydrogen (secondary N) is 1. The van der Waals surface area contributed by atoms with Crippen LogP contribution in [0.15, 0.2) is 27.7 Å². The average molecular weight is 243 g/mol. The quantitative estimate of drug-likeness (QED) is 0.767. The molecule has 0 amide bonds. The summed E-state index contributed by atoms with van der Waals surface area (Å²) in [7, 11) is 0. The molecule has 0 radical (unpaired) electrons. The van der Waals surface area contributed by atoms with Gasteiger partial charge in [0.1, 0.15) is 5.39 Å². The minimum Gasteiger partial charge on any atom is -0.313 e. The van der Waals surface area contributed by atoms with Crippen molar-refractivity contribution in [2.75, 3.05) is 0 Å². The normalized spacial score (nSPS) is 10.6. The number of hydrogen-bond donors (Lipinski definition) is 1. The van der Waals surface area contributed by atoms with Gasteiger partial charge in [0.05, 0.1) is 16.3 Å². The standard InChI is InChI=1S/C8H4BrFN2O/c9-4-1-2-5-6(7(4)10)8(13)12-3-11-5/h1-3H,(H,11,12,13). The molecule has 0 aliphatic carbocycles. The topological polar surface area (TPSA) is 45.8 Å². The molecular weight excluding hydrogens is 239 g/mol. The van der Waals surface area contributed by atoms with E-state index in [0.717, 1.165) is 0 Å².